The monoisotopic (exact) mass is 600 g/mol. The van der Waals surface area contributed by atoms with E-state index in [0.29, 0.717) is 11.8 Å². The summed E-state index contributed by atoms with van der Waals surface area (Å²) >= 11 is 0. The van der Waals surface area contributed by atoms with Gasteiger partial charge in [0, 0.05) is 28.6 Å². The van der Waals surface area contributed by atoms with Gasteiger partial charge in [-0.15, -0.1) is 0 Å². The van der Waals surface area contributed by atoms with E-state index in [4.69, 9.17) is 4.55 Å². The quantitative estimate of drug-likeness (QED) is 0.290. The molecule has 2 aromatic heterocycles. The van der Waals surface area contributed by atoms with Gasteiger partial charge in [-0.2, -0.15) is 8.42 Å². The van der Waals surface area contributed by atoms with E-state index in [2.05, 4.69) is 33.3 Å². The number of carbonyl (C=O) groups is 1. The molecule has 4 aromatic rings. The molecule has 41 heavy (non-hydrogen) atoms. The molecule has 0 bridgehead atoms. The van der Waals surface area contributed by atoms with Gasteiger partial charge in [0.25, 0.3) is 16.0 Å². The van der Waals surface area contributed by atoms with Gasteiger partial charge in [0.2, 0.25) is 0 Å². The molecular formula is C29H36N4O6S2. The molecule has 1 saturated heterocycles. The molecule has 2 aromatic carbocycles. The second-order valence-electron chi connectivity index (χ2n) is 10.6. The number of fused-ring (bicyclic) bond motifs is 3. The minimum Gasteiger partial charge on any atom is -0.349 e. The summed E-state index contributed by atoms with van der Waals surface area (Å²) < 4.78 is 51.2. The number of benzene rings is 2. The number of aromatic nitrogens is 2. The maximum Gasteiger partial charge on any atom is 0.261 e. The van der Waals surface area contributed by atoms with E-state index < -0.39 is 20.0 Å². The topological polar surface area (TPSA) is 150 Å². The van der Waals surface area contributed by atoms with Gasteiger partial charge in [0.15, 0.2) is 9.84 Å². The number of amides is 1. The van der Waals surface area contributed by atoms with Crippen molar-refractivity contribution < 1.29 is 26.2 Å². The molecule has 0 spiro atoms. The third-order valence-electron chi connectivity index (χ3n) is 7.31. The van der Waals surface area contributed by atoms with E-state index in [0.717, 1.165) is 70.1 Å². The van der Waals surface area contributed by atoms with Crippen molar-refractivity contribution in [2.45, 2.75) is 44.6 Å². The van der Waals surface area contributed by atoms with Crippen LogP contribution in [0.5, 0.6) is 0 Å². The van der Waals surface area contributed by atoms with Crippen LogP contribution in [0.4, 0.5) is 0 Å². The molecule has 5 rings (SSSR count). The van der Waals surface area contributed by atoms with Crippen LogP contribution in [0.25, 0.3) is 33.1 Å². The predicted octanol–water partition coefficient (Wildman–Crippen LogP) is 4.12. The normalized spacial score (nSPS) is 15.1. The van der Waals surface area contributed by atoms with Crippen LogP contribution in [0.2, 0.25) is 0 Å². The number of nitrogens with zero attached hydrogens (tertiary/aromatic N) is 2. The van der Waals surface area contributed by atoms with E-state index in [-0.39, 0.29) is 22.6 Å². The number of aryl methyl sites for hydroxylation is 2. The summed E-state index contributed by atoms with van der Waals surface area (Å²) in [5.74, 6) is -0.0782. The zero-order chi connectivity index (χ0) is 30.1. The Hall–Kier alpha value is -3.32. The van der Waals surface area contributed by atoms with Gasteiger partial charge in [0.1, 0.15) is 5.65 Å². The second-order valence-corrected chi connectivity index (χ2v) is 14.3. The number of aromatic amines is 1. The molecule has 0 aliphatic carbocycles. The summed E-state index contributed by atoms with van der Waals surface area (Å²) in [4.78, 5) is 24.1. The van der Waals surface area contributed by atoms with Crippen molar-refractivity contribution >= 4 is 47.8 Å². The molecule has 0 unspecified atom stereocenters. The Morgan fingerprint density at radius 2 is 1.78 bits per heavy atom. The molecule has 1 amide bonds. The molecular weight excluding hydrogens is 564 g/mol. The smallest absolute Gasteiger partial charge is 0.261 e. The van der Waals surface area contributed by atoms with Crippen LogP contribution in [-0.2, 0) is 20.0 Å². The number of sulfone groups is 1. The zero-order valence-corrected chi connectivity index (χ0v) is 25.5. The van der Waals surface area contributed by atoms with E-state index in [1.54, 1.807) is 25.1 Å². The summed E-state index contributed by atoms with van der Waals surface area (Å²) in [5, 5.41) is 5.13. The first-order valence-corrected chi connectivity index (χ1v) is 16.8. The minimum atomic E-state index is -3.67. The number of hydrogen-bond acceptors (Lipinski definition) is 7. The molecule has 3 heterocycles. The van der Waals surface area contributed by atoms with Crippen molar-refractivity contribution in [2.24, 2.45) is 0 Å². The molecule has 12 heteroatoms. The molecule has 1 aliphatic heterocycles. The summed E-state index contributed by atoms with van der Waals surface area (Å²) in [5.41, 5.74) is 5.62. The van der Waals surface area contributed by atoms with Crippen molar-refractivity contribution in [1.29, 1.82) is 0 Å². The Kier molecular flexibility index (Phi) is 8.88. The highest BCUT2D eigenvalue weighted by Crippen LogP contribution is 2.38. The number of H-pyrrole nitrogens is 1. The summed E-state index contributed by atoms with van der Waals surface area (Å²) in [6, 6.07) is 11.1. The Balaban J connectivity index is 0.000000714. The van der Waals surface area contributed by atoms with Crippen LogP contribution in [0.15, 0.2) is 47.5 Å². The van der Waals surface area contributed by atoms with E-state index >= 15 is 0 Å². The molecule has 1 fully saturated rings. The van der Waals surface area contributed by atoms with Crippen LogP contribution in [-0.4, -0.2) is 80.4 Å². The SMILES string of the molecule is CCS(=O)(=O)c1cccc(-c2cc(C(=O)NC3CCN(C)CC3)c(C)c3[nH]c4ncc(C)cc4c23)c1.CS(=O)(=O)O. The maximum absolute atomic E-state index is 13.5. The standard InChI is InChI=1S/C28H32N4O3S.CH4O3S/c1-5-36(34,35)21-8-6-7-19(14-21)23-15-22(28(33)30-20-9-11-32(4)12-10-20)18(3)26-25(23)24-13-17(2)16-29-27(24)31-26;1-5(2,3)4/h6-8,13-16,20H,5,9-12H2,1-4H3,(H,29,31)(H,30,33);1H3,(H,2,3,4). The van der Waals surface area contributed by atoms with Crippen molar-refractivity contribution in [2.75, 3.05) is 32.1 Å². The van der Waals surface area contributed by atoms with Gasteiger partial charge in [-0.25, -0.2) is 13.4 Å². The number of piperidine rings is 1. The van der Waals surface area contributed by atoms with Crippen molar-refractivity contribution in [1.82, 2.24) is 20.2 Å². The van der Waals surface area contributed by atoms with Gasteiger partial charge >= 0.3 is 0 Å². The highest BCUT2D eigenvalue weighted by atomic mass is 32.2. The minimum absolute atomic E-state index is 0.0280. The number of pyridine rings is 1. The molecule has 0 saturated carbocycles. The predicted molar refractivity (Wildman–Crippen MR) is 162 cm³/mol. The lowest BCUT2D eigenvalue weighted by atomic mass is 9.93. The molecule has 3 N–H and O–H groups in total. The highest BCUT2D eigenvalue weighted by Gasteiger charge is 2.24. The third-order valence-corrected chi connectivity index (χ3v) is 9.04. The molecule has 1 aliphatic rings. The lowest BCUT2D eigenvalue weighted by Crippen LogP contribution is -2.43. The number of carbonyl (C=O) groups excluding carboxylic acids is 1. The van der Waals surface area contributed by atoms with Gasteiger partial charge in [-0.05, 0) is 93.3 Å². The largest absolute Gasteiger partial charge is 0.349 e. The van der Waals surface area contributed by atoms with Gasteiger partial charge < -0.3 is 15.2 Å². The van der Waals surface area contributed by atoms with Gasteiger partial charge in [0.05, 0.1) is 22.4 Å². The number of rotatable bonds is 5. The molecule has 0 atom stereocenters. The van der Waals surface area contributed by atoms with Crippen LogP contribution in [0, 0.1) is 13.8 Å². The Morgan fingerprint density at radius 3 is 2.41 bits per heavy atom. The fourth-order valence-electron chi connectivity index (χ4n) is 5.10. The first kappa shape index (κ1) is 30.6. The highest BCUT2D eigenvalue weighted by molar-refractivity contribution is 7.91. The fourth-order valence-corrected chi connectivity index (χ4v) is 6.02. The Bertz CT molecular complexity index is 1820. The molecule has 10 nitrogen and oxygen atoms in total. The lowest BCUT2D eigenvalue weighted by molar-refractivity contribution is 0.0916. The summed E-state index contributed by atoms with van der Waals surface area (Å²) in [6.07, 6.45) is 4.37. The van der Waals surface area contributed by atoms with Gasteiger partial charge in [-0.3, -0.25) is 9.35 Å². The average molecular weight is 601 g/mol. The second kappa shape index (κ2) is 11.9. The van der Waals surface area contributed by atoms with E-state index in [9.17, 15) is 21.6 Å². The average Bonchev–Trinajstić information content (AvgIpc) is 3.28. The van der Waals surface area contributed by atoms with Gasteiger partial charge in [-0.1, -0.05) is 19.1 Å². The van der Waals surface area contributed by atoms with Crippen molar-refractivity contribution in [3.63, 3.8) is 0 Å². The number of hydrogen-bond donors (Lipinski definition) is 3. The van der Waals surface area contributed by atoms with E-state index in [1.165, 1.54) is 0 Å². The third kappa shape index (κ3) is 7.13. The van der Waals surface area contributed by atoms with Crippen LogP contribution in [0.1, 0.15) is 41.3 Å². The first-order valence-electron chi connectivity index (χ1n) is 13.3. The number of nitrogens with one attached hydrogen (secondary N) is 2. The van der Waals surface area contributed by atoms with Crippen LogP contribution < -0.4 is 5.32 Å². The maximum atomic E-state index is 13.5. The van der Waals surface area contributed by atoms with Crippen LogP contribution in [0.3, 0.4) is 0 Å². The molecule has 220 valence electrons. The summed E-state index contributed by atoms with van der Waals surface area (Å²) in [7, 11) is -4.95. The lowest BCUT2D eigenvalue weighted by Gasteiger charge is -2.29. The van der Waals surface area contributed by atoms with E-state index in [1.807, 2.05) is 32.2 Å². The Labute approximate surface area is 240 Å². The fraction of sp³-hybridized carbons (Fsp3) is 0.379. The first-order chi connectivity index (χ1) is 19.2. The molecule has 0 radical (unpaired) electrons. The number of likely N-dealkylation sites (tertiary alicyclic amines) is 1. The summed E-state index contributed by atoms with van der Waals surface area (Å²) in [6.45, 7) is 7.51. The van der Waals surface area contributed by atoms with Crippen molar-refractivity contribution in [3.8, 4) is 11.1 Å². The zero-order valence-electron chi connectivity index (χ0n) is 23.9. The van der Waals surface area contributed by atoms with Crippen LogP contribution >= 0.6 is 0 Å². The van der Waals surface area contributed by atoms with Crippen molar-refractivity contribution in [3.05, 3.63) is 59.3 Å². The Morgan fingerprint density at radius 1 is 1.12 bits per heavy atom.